The molecule has 0 aliphatic rings. The summed E-state index contributed by atoms with van der Waals surface area (Å²) in [5.41, 5.74) is 2.51. The van der Waals surface area contributed by atoms with Crippen LogP contribution in [0.4, 0.5) is 33.3 Å². The summed E-state index contributed by atoms with van der Waals surface area (Å²) < 4.78 is 119. The van der Waals surface area contributed by atoms with E-state index in [4.69, 9.17) is 59.5 Å². The van der Waals surface area contributed by atoms with Gasteiger partial charge in [-0.25, -0.2) is 17.2 Å². The minimum absolute atomic E-state index is 0. The van der Waals surface area contributed by atoms with E-state index in [0.29, 0.717) is 23.8 Å². The van der Waals surface area contributed by atoms with E-state index < -0.39 is 89.9 Å². The van der Waals surface area contributed by atoms with Gasteiger partial charge in [0, 0.05) is 45.5 Å². The number of hydrogen-bond acceptors (Lipinski definition) is 11. The molecule has 5 N–H and O–H groups in total. The van der Waals surface area contributed by atoms with Crippen LogP contribution < -0.4 is 30.6 Å². The lowest BCUT2D eigenvalue weighted by molar-refractivity contribution is -0.155. The summed E-state index contributed by atoms with van der Waals surface area (Å²) in [6, 6.07) is 14.3. The van der Waals surface area contributed by atoms with E-state index >= 15 is 4.39 Å². The molecule has 0 spiro atoms. The number of esters is 2. The summed E-state index contributed by atoms with van der Waals surface area (Å²) in [7, 11) is -4.67. The van der Waals surface area contributed by atoms with Crippen molar-refractivity contribution in [3.63, 3.8) is 0 Å². The number of anilines is 2. The summed E-state index contributed by atoms with van der Waals surface area (Å²) in [5, 5.41) is 4.80. The van der Waals surface area contributed by atoms with E-state index in [-0.39, 0.29) is 80.9 Å². The van der Waals surface area contributed by atoms with Crippen molar-refractivity contribution in [1.82, 2.24) is 10.6 Å². The van der Waals surface area contributed by atoms with Crippen molar-refractivity contribution in [2.45, 2.75) is 137 Å². The minimum atomic E-state index is -4.77. The zero-order chi connectivity index (χ0) is 57.7. The van der Waals surface area contributed by atoms with Gasteiger partial charge in [0.1, 0.15) is 45.0 Å². The summed E-state index contributed by atoms with van der Waals surface area (Å²) in [5.74, 6) is -3.95. The van der Waals surface area contributed by atoms with Gasteiger partial charge in [0.2, 0.25) is 0 Å². The van der Waals surface area contributed by atoms with Crippen molar-refractivity contribution in [2.75, 3.05) is 10.5 Å². The first-order chi connectivity index (χ1) is 34.6. The highest BCUT2D eigenvalue weighted by Crippen LogP contribution is 2.40. The predicted molar refractivity (Wildman–Crippen MR) is 288 cm³/mol. The largest absolute Gasteiger partial charge is 0.460 e. The van der Waals surface area contributed by atoms with E-state index in [0.717, 1.165) is 24.3 Å². The van der Waals surface area contributed by atoms with Gasteiger partial charge in [0.05, 0.1) is 44.8 Å². The van der Waals surface area contributed by atoms with Gasteiger partial charge in [0.15, 0.2) is 5.75 Å². The van der Waals surface area contributed by atoms with Crippen LogP contribution in [0.15, 0.2) is 83.8 Å². The third kappa shape index (κ3) is 20.2. The second kappa shape index (κ2) is 25.0. The number of halogens is 8. The van der Waals surface area contributed by atoms with Crippen molar-refractivity contribution < 1.29 is 68.5 Å². The van der Waals surface area contributed by atoms with Crippen LogP contribution in [-0.4, -0.2) is 54.5 Å². The second-order valence-corrected chi connectivity index (χ2v) is 24.0. The average molecular weight is 1160 g/mol. The molecule has 23 heteroatoms. The van der Waals surface area contributed by atoms with Gasteiger partial charge < -0.3 is 35.3 Å². The molecule has 0 aromatic heterocycles. The molecule has 0 saturated carbocycles. The Bertz CT molecular complexity index is 3130. The van der Waals surface area contributed by atoms with Crippen LogP contribution in [0.2, 0.25) is 15.1 Å². The highest BCUT2D eigenvalue weighted by Gasteiger charge is 2.33. The Morgan fingerprint density at radius 2 is 0.974 bits per heavy atom. The molecule has 14 nitrogen and oxygen atoms in total. The molecular weight excluding hydrogens is 1100 g/mol. The van der Waals surface area contributed by atoms with Crippen LogP contribution >= 0.6 is 34.8 Å². The van der Waals surface area contributed by atoms with Crippen LogP contribution in [0.1, 0.15) is 128 Å². The number of ether oxygens (including phenoxy) is 4. The topological polar surface area (TPSA) is 201 Å². The lowest BCUT2D eigenvalue weighted by atomic mass is 10.1. The molecule has 2 amide bonds. The fourth-order valence-electron chi connectivity index (χ4n) is 6.41. The lowest BCUT2D eigenvalue weighted by Gasteiger charge is -2.21. The number of carbonyl (C=O) groups excluding carboxylic acids is 4. The van der Waals surface area contributed by atoms with Crippen LogP contribution in [-0.2, 0) is 48.1 Å². The second-order valence-electron chi connectivity index (χ2n) is 21.1. The number of hydrogen-bond donors (Lipinski definition) is 4. The Labute approximate surface area is 460 Å². The fourth-order valence-corrected chi connectivity index (χ4v) is 8.47. The lowest BCUT2D eigenvalue weighted by Crippen LogP contribution is -2.40. The summed E-state index contributed by atoms with van der Waals surface area (Å²) in [6.45, 7) is 20.9. The normalized spacial score (nSPS) is 12.0. The molecule has 0 unspecified atom stereocenters. The molecule has 0 aliphatic heterocycles. The number of alkyl halides is 3. The average Bonchev–Trinajstić information content (AvgIpc) is 3.22. The molecule has 0 heterocycles. The summed E-state index contributed by atoms with van der Waals surface area (Å²) >= 11 is 18.5. The Morgan fingerprint density at radius 1 is 0.558 bits per heavy atom. The zero-order valence-electron chi connectivity index (χ0n) is 43.5. The van der Waals surface area contributed by atoms with E-state index in [2.05, 4.69) is 15.4 Å². The molecule has 0 saturated heterocycles. The molecule has 0 bridgehead atoms. The van der Waals surface area contributed by atoms with Crippen molar-refractivity contribution in [2.24, 2.45) is 0 Å². The van der Waals surface area contributed by atoms with Crippen molar-refractivity contribution in [3.8, 4) is 23.0 Å². The number of benzene rings is 5. The SMILES string of the molecule is C.CC(C)(C)NC(=O)c1ccc(Oc2cc(F)c(CC(=O)OC(C)(C)C)cc2Cl)c(N)c1.CC(C)(C)NC(=O)c1ccc(Oc2cc(F)c(CC(=O)OC(C)(C)C)cc2Cl)c(NS(=O)(=O)c2ccc(C(F)(F)F)cc2Cl)c1. The van der Waals surface area contributed by atoms with E-state index in [9.17, 15) is 45.2 Å². The molecule has 5 aromatic rings. The Balaban J connectivity index is 0.000000427. The van der Waals surface area contributed by atoms with E-state index in [1.165, 1.54) is 30.3 Å². The molecule has 0 aliphatic carbocycles. The smallest absolute Gasteiger partial charge is 0.416 e. The number of sulfonamides is 1. The van der Waals surface area contributed by atoms with E-state index in [1.54, 1.807) is 68.4 Å². The van der Waals surface area contributed by atoms with Gasteiger partial charge in [-0.3, -0.25) is 23.9 Å². The fraction of sp³-hybridized carbons (Fsp3) is 0.370. The highest BCUT2D eigenvalue weighted by molar-refractivity contribution is 7.92. The van der Waals surface area contributed by atoms with Gasteiger partial charge in [-0.15, -0.1) is 0 Å². The van der Waals surface area contributed by atoms with Gasteiger partial charge >= 0.3 is 18.1 Å². The van der Waals surface area contributed by atoms with Crippen LogP contribution in [0.3, 0.4) is 0 Å². The number of rotatable bonds is 13. The third-order valence-corrected chi connectivity index (χ3v) is 11.9. The number of nitrogens with two attached hydrogens (primary N) is 1. The first-order valence-electron chi connectivity index (χ1n) is 22.9. The summed E-state index contributed by atoms with van der Waals surface area (Å²) in [6.07, 6.45) is -5.46. The van der Waals surface area contributed by atoms with Crippen molar-refractivity contribution >= 4 is 80.0 Å². The van der Waals surface area contributed by atoms with Gasteiger partial charge in [0.25, 0.3) is 21.8 Å². The maximum Gasteiger partial charge on any atom is 0.416 e. The molecule has 0 radical (unpaired) electrons. The summed E-state index contributed by atoms with van der Waals surface area (Å²) in [4.78, 5) is 48.6. The van der Waals surface area contributed by atoms with Crippen LogP contribution in [0.25, 0.3) is 0 Å². The van der Waals surface area contributed by atoms with Crippen LogP contribution in [0, 0.1) is 11.6 Å². The van der Waals surface area contributed by atoms with E-state index in [1.807, 2.05) is 20.8 Å². The minimum Gasteiger partial charge on any atom is -0.460 e. The van der Waals surface area contributed by atoms with Gasteiger partial charge in [-0.05, 0) is 150 Å². The molecule has 77 heavy (non-hydrogen) atoms. The number of nitrogen functional groups attached to an aromatic ring is 1. The number of carbonyl (C=O) groups is 4. The molecule has 5 rings (SSSR count). The Morgan fingerprint density at radius 3 is 1.36 bits per heavy atom. The quantitative estimate of drug-likeness (QED) is 0.0496. The van der Waals surface area contributed by atoms with Crippen LogP contribution in [0.5, 0.6) is 23.0 Å². The van der Waals surface area contributed by atoms with Gasteiger partial charge in [-0.1, -0.05) is 42.2 Å². The molecule has 420 valence electrons. The molecule has 5 aromatic carbocycles. The highest BCUT2D eigenvalue weighted by atomic mass is 35.5. The Hall–Kier alpha value is -6.35. The standard InChI is InChI=1S/C30H30Cl2F4N2O6S.C23H28ClFN2O4.CH4/c1-28(2,3)37-27(40)16-7-9-23(43-24-15-21(33)17(11-19(24)31)13-26(39)44-29(4,5)6)22(12-16)38-45(41,42)25-10-8-18(14-20(25)32)30(34,35)36;1-22(2,3)27-21(29)13-7-8-18(17(26)10-13)30-19-12-16(25)14(9-15(19)24)11-20(28)31-23(4,5)6;/h7-12,14-15,38H,13H2,1-6H3,(H,37,40);7-10,12H,11,26H2,1-6H3,(H,27,29);1H4. The molecule has 0 atom stereocenters. The monoisotopic (exact) mass is 1160 g/mol. The number of nitrogens with one attached hydrogen (secondary N) is 3. The Kier molecular flexibility index (Phi) is 21.1. The van der Waals surface area contributed by atoms with Gasteiger partial charge in [-0.2, -0.15) is 13.2 Å². The van der Waals surface area contributed by atoms with Crippen molar-refractivity contribution in [3.05, 3.63) is 133 Å². The predicted octanol–water partition coefficient (Wildman–Crippen LogP) is 14.1. The maximum absolute atomic E-state index is 15.0. The first kappa shape index (κ1) is 64.9. The maximum atomic E-state index is 15.0. The zero-order valence-corrected chi connectivity index (χ0v) is 46.6. The third-order valence-electron chi connectivity index (χ3n) is 9.44. The first-order valence-corrected chi connectivity index (χ1v) is 25.5. The molecular formula is C54H62Cl3F5N4O10S. The van der Waals surface area contributed by atoms with Crippen molar-refractivity contribution in [1.29, 1.82) is 0 Å². The number of amides is 2. The molecule has 0 fully saturated rings.